The minimum absolute atomic E-state index is 0.0385. The number of carbonyl (C=O) groups excluding carboxylic acids is 1. The van der Waals surface area contributed by atoms with Gasteiger partial charge in [0.05, 0.1) is 4.90 Å². The SMILES string of the molecule is CNS(=O)(=O)c1ccc(C)c(NC(=O)C(F)F)c1. The van der Waals surface area contributed by atoms with Gasteiger partial charge in [-0.3, -0.25) is 4.79 Å². The fraction of sp³-hybridized carbons (Fsp3) is 0.300. The lowest BCUT2D eigenvalue weighted by atomic mass is 10.2. The third-order valence-electron chi connectivity index (χ3n) is 2.24. The van der Waals surface area contributed by atoms with Gasteiger partial charge in [0.25, 0.3) is 5.91 Å². The molecule has 0 heterocycles. The molecule has 18 heavy (non-hydrogen) atoms. The van der Waals surface area contributed by atoms with E-state index in [9.17, 15) is 22.0 Å². The molecule has 0 saturated carbocycles. The molecule has 0 spiro atoms. The van der Waals surface area contributed by atoms with Crippen molar-refractivity contribution in [3.8, 4) is 0 Å². The lowest BCUT2D eigenvalue weighted by Crippen LogP contribution is -2.22. The third kappa shape index (κ3) is 3.23. The Morgan fingerprint density at radius 2 is 1.94 bits per heavy atom. The minimum Gasteiger partial charge on any atom is -0.321 e. The number of aryl methyl sites for hydroxylation is 1. The van der Waals surface area contributed by atoms with Crippen LogP contribution in [0.15, 0.2) is 23.1 Å². The van der Waals surface area contributed by atoms with E-state index in [1.54, 1.807) is 6.92 Å². The predicted octanol–water partition coefficient (Wildman–Crippen LogP) is 1.11. The summed E-state index contributed by atoms with van der Waals surface area (Å²) in [5, 5.41) is 1.97. The van der Waals surface area contributed by atoms with Gasteiger partial charge >= 0.3 is 6.43 Å². The second-order valence-electron chi connectivity index (χ2n) is 3.47. The highest BCUT2D eigenvalue weighted by Crippen LogP contribution is 2.20. The maximum Gasteiger partial charge on any atom is 0.315 e. The van der Waals surface area contributed by atoms with Crippen LogP contribution in [0.4, 0.5) is 14.5 Å². The van der Waals surface area contributed by atoms with Crippen LogP contribution in [0, 0.1) is 6.92 Å². The highest BCUT2D eigenvalue weighted by atomic mass is 32.2. The van der Waals surface area contributed by atoms with E-state index in [-0.39, 0.29) is 10.6 Å². The van der Waals surface area contributed by atoms with Crippen molar-refractivity contribution in [1.29, 1.82) is 0 Å². The summed E-state index contributed by atoms with van der Waals surface area (Å²) in [5.41, 5.74) is 0.524. The number of carbonyl (C=O) groups is 1. The van der Waals surface area contributed by atoms with Crippen LogP contribution >= 0.6 is 0 Å². The van der Waals surface area contributed by atoms with Crippen LogP contribution in [0.5, 0.6) is 0 Å². The van der Waals surface area contributed by atoms with Crippen LogP contribution in [-0.4, -0.2) is 27.8 Å². The summed E-state index contributed by atoms with van der Waals surface area (Å²) in [6.45, 7) is 1.57. The van der Waals surface area contributed by atoms with Crippen molar-refractivity contribution in [2.24, 2.45) is 0 Å². The Morgan fingerprint density at radius 3 is 2.44 bits per heavy atom. The zero-order valence-corrected chi connectivity index (χ0v) is 10.5. The van der Waals surface area contributed by atoms with Gasteiger partial charge in [-0.05, 0) is 31.7 Å². The summed E-state index contributed by atoms with van der Waals surface area (Å²) >= 11 is 0. The summed E-state index contributed by atoms with van der Waals surface area (Å²) in [5.74, 6) is -1.47. The molecule has 0 bridgehead atoms. The second-order valence-corrected chi connectivity index (χ2v) is 5.36. The number of amides is 1. The summed E-state index contributed by atoms with van der Waals surface area (Å²) in [6, 6.07) is 3.87. The van der Waals surface area contributed by atoms with E-state index in [1.807, 2.05) is 5.32 Å². The van der Waals surface area contributed by atoms with Crippen molar-refractivity contribution in [2.45, 2.75) is 18.2 Å². The Labute approximate surface area is 103 Å². The molecular weight excluding hydrogens is 266 g/mol. The van der Waals surface area contributed by atoms with Gasteiger partial charge in [-0.1, -0.05) is 6.07 Å². The van der Waals surface area contributed by atoms with Crippen LogP contribution in [0.2, 0.25) is 0 Å². The topological polar surface area (TPSA) is 75.3 Å². The van der Waals surface area contributed by atoms with Crippen LogP contribution in [-0.2, 0) is 14.8 Å². The molecule has 8 heteroatoms. The van der Waals surface area contributed by atoms with E-state index in [1.165, 1.54) is 19.2 Å². The Morgan fingerprint density at radius 1 is 1.33 bits per heavy atom. The lowest BCUT2D eigenvalue weighted by molar-refractivity contribution is -0.126. The van der Waals surface area contributed by atoms with E-state index in [0.717, 1.165) is 6.07 Å². The Hall–Kier alpha value is -1.54. The zero-order valence-electron chi connectivity index (χ0n) is 9.70. The maximum atomic E-state index is 12.1. The summed E-state index contributed by atoms with van der Waals surface area (Å²) in [4.78, 5) is 10.8. The first kappa shape index (κ1) is 14.5. The predicted molar refractivity (Wildman–Crippen MR) is 62.1 cm³/mol. The number of hydrogen-bond acceptors (Lipinski definition) is 3. The second kappa shape index (κ2) is 5.40. The molecule has 0 aromatic heterocycles. The van der Waals surface area contributed by atoms with Crippen molar-refractivity contribution in [3.05, 3.63) is 23.8 Å². The van der Waals surface area contributed by atoms with Gasteiger partial charge in [0.2, 0.25) is 10.0 Å². The van der Waals surface area contributed by atoms with Crippen LogP contribution in [0.3, 0.4) is 0 Å². The van der Waals surface area contributed by atoms with Crippen LogP contribution in [0.25, 0.3) is 0 Å². The molecule has 100 valence electrons. The smallest absolute Gasteiger partial charge is 0.315 e. The molecule has 0 aliphatic carbocycles. The lowest BCUT2D eigenvalue weighted by Gasteiger charge is -2.10. The molecule has 1 amide bonds. The molecular formula is C10H12F2N2O3S. The highest BCUT2D eigenvalue weighted by Gasteiger charge is 2.18. The van der Waals surface area contributed by atoms with E-state index in [0.29, 0.717) is 5.56 Å². The van der Waals surface area contributed by atoms with Gasteiger partial charge in [-0.15, -0.1) is 0 Å². The van der Waals surface area contributed by atoms with E-state index < -0.39 is 22.4 Å². The average Bonchev–Trinajstić information content (AvgIpc) is 2.31. The molecule has 0 aliphatic rings. The van der Waals surface area contributed by atoms with Gasteiger partial charge in [-0.2, -0.15) is 8.78 Å². The first-order chi connectivity index (χ1) is 8.27. The molecule has 0 unspecified atom stereocenters. The molecule has 0 fully saturated rings. The van der Waals surface area contributed by atoms with Crippen LogP contribution < -0.4 is 10.0 Å². The van der Waals surface area contributed by atoms with Gasteiger partial charge in [-0.25, -0.2) is 13.1 Å². The number of halogens is 2. The standard InChI is InChI=1S/C10H12F2N2O3S/c1-6-3-4-7(18(16,17)13-2)5-8(6)14-10(15)9(11)12/h3-5,9,13H,1-2H3,(H,14,15). The Kier molecular flexibility index (Phi) is 4.36. The minimum atomic E-state index is -3.68. The number of sulfonamides is 1. The number of hydrogen-bond donors (Lipinski definition) is 2. The molecule has 1 rings (SSSR count). The van der Waals surface area contributed by atoms with Crippen molar-refractivity contribution < 1.29 is 22.0 Å². The zero-order chi connectivity index (χ0) is 13.9. The number of rotatable bonds is 4. The molecule has 2 N–H and O–H groups in total. The molecule has 1 aromatic rings. The number of alkyl halides is 2. The van der Waals surface area contributed by atoms with Crippen molar-refractivity contribution in [3.63, 3.8) is 0 Å². The molecule has 0 atom stereocenters. The Bertz CT molecular complexity index is 558. The number of anilines is 1. The average molecular weight is 278 g/mol. The summed E-state index contributed by atoms with van der Waals surface area (Å²) in [6.07, 6.45) is -3.16. The summed E-state index contributed by atoms with van der Waals surface area (Å²) in [7, 11) is -2.45. The Balaban J connectivity index is 3.14. The summed E-state index contributed by atoms with van der Waals surface area (Å²) < 4.78 is 49.3. The highest BCUT2D eigenvalue weighted by molar-refractivity contribution is 7.89. The quantitative estimate of drug-likeness (QED) is 0.866. The monoisotopic (exact) mass is 278 g/mol. The van der Waals surface area contributed by atoms with Crippen LogP contribution in [0.1, 0.15) is 5.56 Å². The van der Waals surface area contributed by atoms with Gasteiger partial charge in [0.1, 0.15) is 0 Å². The number of nitrogens with one attached hydrogen (secondary N) is 2. The van der Waals surface area contributed by atoms with E-state index >= 15 is 0 Å². The van der Waals surface area contributed by atoms with Crippen molar-refractivity contribution >= 4 is 21.6 Å². The third-order valence-corrected chi connectivity index (χ3v) is 3.66. The van der Waals surface area contributed by atoms with E-state index in [2.05, 4.69) is 4.72 Å². The normalized spacial score (nSPS) is 11.6. The molecule has 5 nitrogen and oxygen atoms in total. The van der Waals surface area contributed by atoms with Gasteiger partial charge < -0.3 is 5.32 Å². The maximum absolute atomic E-state index is 12.1. The molecule has 0 radical (unpaired) electrons. The molecule has 1 aromatic carbocycles. The fourth-order valence-electron chi connectivity index (χ4n) is 1.21. The van der Waals surface area contributed by atoms with E-state index in [4.69, 9.17) is 0 Å². The van der Waals surface area contributed by atoms with Crippen molar-refractivity contribution in [2.75, 3.05) is 12.4 Å². The first-order valence-corrected chi connectivity index (χ1v) is 6.39. The largest absolute Gasteiger partial charge is 0.321 e. The fourth-order valence-corrected chi connectivity index (χ4v) is 1.96. The van der Waals surface area contributed by atoms with Gasteiger partial charge in [0, 0.05) is 5.69 Å². The van der Waals surface area contributed by atoms with Gasteiger partial charge in [0.15, 0.2) is 0 Å². The molecule has 0 saturated heterocycles. The molecule has 0 aliphatic heterocycles. The van der Waals surface area contributed by atoms with Crippen molar-refractivity contribution in [1.82, 2.24) is 4.72 Å². The number of benzene rings is 1. The first-order valence-electron chi connectivity index (χ1n) is 4.91.